The lowest BCUT2D eigenvalue weighted by Crippen LogP contribution is -2.28. The lowest BCUT2D eigenvalue weighted by Gasteiger charge is -2.17. The first kappa shape index (κ1) is 22.5. The number of fused-ring (bicyclic) bond motifs is 1. The van der Waals surface area contributed by atoms with Gasteiger partial charge in [0.25, 0.3) is 11.5 Å². The quantitative estimate of drug-likeness (QED) is 0.384. The van der Waals surface area contributed by atoms with Crippen LogP contribution in [-0.4, -0.2) is 23.1 Å². The predicted octanol–water partition coefficient (Wildman–Crippen LogP) is 5.07. The average Bonchev–Trinajstić information content (AvgIpc) is 2.82. The number of carbonyl (C=O) groups excluding carboxylic acids is 2. The van der Waals surface area contributed by atoms with Crippen LogP contribution in [0.3, 0.4) is 0 Å². The maximum atomic E-state index is 13.2. The molecular weight excluding hydrogens is 484 g/mol. The van der Waals surface area contributed by atoms with Crippen molar-refractivity contribution in [1.29, 1.82) is 0 Å². The number of carbonyl (C=O) groups is 2. The number of halogens is 1. The number of aryl methyl sites for hydroxylation is 1. The van der Waals surface area contributed by atoms with Gasteiger partial charge in [-0.2, -0.15) is 0 Å². The Bertz CT molecular complexity index is 1410. The Morgan fingerprint density at radius 2 is 1.58 bits per heavy atom. The Hall–Kier alpha value is -3.71. The molecule has 4 aromatic rings. The molecule has 0 saturated heterocycles. The zero-order valence-electron chi connectivity index (χ0n) is 18.1. The van der Waals surface area contributed by atoms with Gasteiger partial charge in [-0.25, -0.2) is 4.79 Å². The summed E-state index contributed by atoms with van der Waals surface area (Å²) in [6, 6.07) is 21.9. The Morgan fingerprint density at radius 3 is 2.24 bits per heavy atom. The van der Waals surface area contributed by atoms with Crippen molar-refractivity contribution in [1.82, 2.24) is 4.57 Å². The molecule has 0 radical (unpaired) electrons. The summed E-state index contributed by atoms with van der Waals surface area (Å²) in [5, 5.41) is 3.83. The van der Waals surface area contributed by atoms with Crippen molar-refractivity contribution in [2.45, 2.75) is 6.92 Å². The Morgan fingerprint density at radius 1 is 0.939 bits per heavy atom. The molecule has 0 saturated carbocycles. The third-order valence-electron chi connectivity index (χ3n) is 5.30. The number of aromatic nitrogens is 1. The molecule has 0 bridgehead atoms. The fraction of sp³-hybridized carbons (Fsp3) is 0.115. The van der Waals surface area contributed by atoms with Crippen molar-refractivity contribution < 1.29 is 14.3 Å². The molecule has 3 aromatic carbocycles. The molecule has 1 N–H and O–H groups in total. The van der Waals surface area contributed by atoms with E-state index in [0.717, 1.165) is 15.6 Å². The summed E-state index contributed by atoms with van der Waals surface area (Å²) in [4.78, 5) is 38.4. The topological polar surface area (TPSA) is 77.4 Å². The first-order valence-electron chi connectivity index (χ1n) is 10.3. The highest BCUT2D eigenvalue weighted by Crippen LogP contribution is 2.31. The molecule has 1 aromatic heterocycles. The van der Waals surface area contributed by atoms with Crippen LogP contribution < -0.4 is 10.9 Å². The van der Waals surface area contributed by atoms with E-state index in [2.05, 4.69) is 21.2 Å². The summed E-state index contributed by atoms with van der Waals surface area (Å²) in [7, 11) is 1.53. The predicted molar refractivity (Wildman–Crippen MR) is 132 cm³/mol. The van der Waals surface area contributed by atoms with Gasteiger partial charge in [0, 0.05) is 28.2 Å². The molecule has 0 atom stereocenters. The molecule has 1 heterocycles. The van der Waals surface area contributed by atoms with Crippen molar-refractivity contribution in [3.63, 3.8) is 0 Å². The zero-order valence-corrected chi connectivity index (χ0v) is 19.7. The molecule has 4 rings (SSSR count). The van der Waals surface area contributed by atoms with E-state index in [1.165, 1.54) is 11.6 Å². The van der Waals surface area contributed by atoms with Gasteiger partial charge in [0.2, 0.25) is 0 Å². The van der Waals surface area contributed by atoms with Crippen LogP contribution in [0.1, 0.15) is 16.1 Å². The first-order chi connectivity index (χ1) is 15.8. The third-order valence-corrected chi connectivity index (χ3v) is 5.83. The second-order valence-corrected chi connectivity index (χ2v) is 8.55. The summed E-state index contributed by atoms with van der Waals surface area (Å²) < 4.78 is 7.50. The number of ether oxygens (including phenoxy) is 1. The molecule has 0 spiro atoms. The molecule has 7 heteroatoms. The fourth-order valence-electron chi connectivity index (χ4n) is 3.65. The number of nitrogens with one attached hydrogen (secondary N) is 1. The van der Waals surface area contributed by atoms with Crippen molar-refractivity contribution >= 4 is 44.3 Å². The van der Waals surface area contributed by atoms with Gasteiger partial charge >= 0.3 is 5.97 Å². The lowest BCUT2D eigenvalue weighted by molar-refractivity contribution is -0.119. The van der Waals surface area contributed by atoms with Crippen molar-refractivity contribution in [2.24, 2.45) is 7.05 Å². The maximum absolute atomic E-state index is 13.2. The number of nitrogens with zero attached hydrogens (tertiary/aromatic N) is 1. The minimum Gasteiger partial charge on any atom is -0.451 e. The number of pyridine rings is 1. The highest BCUT2D eigenvalue weighted by molar-refractivity contribution is 9.10. The Balaban J connectivity index is 1.69. The van der Waals surface area contributed by atoms with Gasteiger partial charge in [-0.3, -0.25) is 9.59 Å². The highest BCUT2D eigenvalue weighted by atomic mass is 79.9. The van der Waals surface area contributed by atoms with E-state index in [-0.39, 0.29) is 11.3 Å². The summed E-state index contributed by atoms with van der Waals surface area (Å²) in [5.41, 5.74) is 2.80. The number of anilines is 1. The Labute approximate surface area is 198 Å². The van der Waals surface area contributed by atoms with E-state index in [1.807, 2.05) is 43.3 Å². The second-order valence-electron chi connectivity index (χ2n) is 7.63. The van der Waals surface area contributed by atoms with Gasteiger partial charge in [-0.15, -0.1) is 0 Å². The van der Waals surface area contributed by atoms with Crippen LogP contribution in [0.25, 0.3) is 21.9 Å². The van der Waals surface area contributed by atoms with Crippen LogP contribution in [0.5, 0.6) is 0 Å². The fourth-order valence-corrected chi connectivity index (χ4v) is 3.91. The largest absolute Gasteiger partial charge is 0.451 e. The molecule has 0 aliphatic heterocycles. The van der Waals surface area contributed by atoms with E-state index in [1.54, 1.807) is 36.4 Å². The molecule has 0 aliphatic carbocycles. The standard InChI is InChI=1S/C26H21BrN2O4/c1-16-7-9-17(10-8-16)23-20-5-3-4-6-21(20)25(31)29(2)24(23)26(32)33-15-22(30)28-19-13-11-18(27)12-14-19/h3-14H,15H2,1-2H3,(H,28,30). The van der Waals surface area contributed by atoms with Crippen LogP contribution >= 0.6 is 15.9 Å². The van der Waals surface area contributed by atoms with Crippen LogP contribution in [-0.2, 0) is 16.6 Å². The molecule has 1 amide bonds. The van der Waals surface area contributed by atoms with Crippen LogP contribution in [0.2, 0.25) is 0 Å². The second kappa shape index (κ2) is 9.42. The van der Waals surface area contributed by atoms with Crippen LogP contribution in [0, 0.1) is 6.92 Å². The number of hydrogen-bond donors (Lipinski definition) is 1. The average molecular weight is 505 g/mol. The number of esters is 1. The summed E-state index contributed by atoms with van der Waals surface area (Å²) >= 11 is 3.34. The van der Waals surface area contributed by atoms with Gasteiger partial charge < -0.3 is 14.6 Å². The van der Waals surface area contributed by atoms with Crippen molar-refractivity contribution in [3.8, 4) is 11.1 Å². The van der Waals surface area contributed by atoms with E-state index in [4.69, 9.17) is 4.74 Å². The van der Waals surface area contributed by atoms with Gasteiger partial charge in [0.15, 0.2) is 6.61 Å². The van der Waals surface area contributed by atoms with E-state index in [9.17, 15) is 14.4 Å². The Kier molecular flexibility index (Phi) is 6.42. The molecule has 0 fully saturated rings. The minimum absolute atomic E-state index is 0.0963. The van der Waals surface area contributed by atoms with Gasteiger partial charge in [-0.1, -0.05) is 64.0 Å². The monoisotopic (exact) mass is 504 g/mol. The van der Waals surface area contributed by atoms with Gasteiger partial charge in [0.1, 0.15) is 5.69 Å². The van der Waals surface area contributed by atoms with E-state index >= 15 is 0 Å². The van der Waals surface area contributed by atoms with E-state index < -0.39 is 18.5 Å². The first-order valence-corrected chi connectivity index (χ1v) is 11.1. The van der Waals surface area contributed by atoms with Crippen LogP contribution in [0.4, 0.5) is 5.69 Å². The molecular formula is C26H21BrN2O4. The summed E-state index contributed by atoms with van der Waals surface area (Å²) in [5.74, 6) is -1.23. The smallest absolute Gasteiger partial charge is 0.356 e. The number of amides is 1. The summed E-state index contributed by atoms with van der Waals surface area (Å²) in [6.07, 6.45) is 0. The van der Waals surface area contributed by atoms with Crippen molar-refractivity contribution in [2.75, 3.05) is 11.9 Å². The van der Waals surface area contributed by atoms with Crippen LogP contribution in [0.15, 0.2) is 82.1 Å². The van der Waals surface area contributed by atoms with Gasteiger partial charge in [-0.05, 0) is 48.2 Å². The molecule has 0 aliphatic rings. The zero-order chi connectivity index (χ0) is 23.5. The minimum atomic E-state index is -0.748. The molecule has 166 valence electrons. The number of hydrogen-bond acceptors (Lipinski definition) is 4. The third kappa shape index (κ3) is 4.73. The SMILES string of the molecule is Cc1ccc(-c2c(C(=O)OCC(=O)Nc3ccc(Br)cc3)n(C)c(=O)c3ccccc23)cc1. The van der Waals surface area contributed by atoms with E-state index in [0.29, 0.717) is 22.0 Å². The van der Waals surface area contributed by atoms with Crippen molar-refractivity contribution in [3.05, 3.63) is 98.9 Å². The normalized spacial score (nSPS) is 10.8. The molecule has 33 heavy (non-hydrogen) atoms. The lowest BCUT2D eigenvalue weighted by atomic mass is 9.96. The maximum Gasteiger partial charge on any atom is 0.356 e. The molecule has 0 unspecified atom stereocenters. The van der Waals surface area contributed by atoms with Gasteiger partial charge in [0.05, 0.1) is 0 Å². The number of benzene rings is 3. The highest BCUT2D eigenvalue weighted by Gasteiger charge is 2.23. The molecule has 6 nitrogen and oxygen atoms in total. The number of rotatable bonds is 5. The summed E-state index contributed by atoms with van der Waals surface area (Å²) in [6.45, 7) is 1.49.